The van der Waals surface area contributed by atoms with Gasteiger partial charge in [0.1, 0.15) is 14.5 Å². The van der Waals surface area contributed by atoms with Crippen LogP contribution in [0.2, 0.25) is 0 Å². The van der Waals surface area contributed by atoms with Gasteiger partial charge in [-0.1, -0.05) is 0 Å². The van der Waals surface area contributed by atoms with Gasteiger partial charge in [0, 0.05) is 16.5 Å². The number of carbonyl (C=O) groups is 1. The number of rotatable bonds is 3. The molecule has 0 aliphatic heterocycles. The molecule has 0 radical (unpaired) electrons. The molecule has 0 saturated heterocycles. The van der Waals surface area contributed by atoms with Crippen LogP contribution in [-0.4, -0.2) is 20.8 Å². The highest BCUT2D eigenvalue weighted by atomic mass is 32.2. The van der Waals surface area contributed by atoms with E-state index < -0.39 is 21.8 Å². The van der Waals surface area contributed by atoms with E-state index >= 15 is 0 Å². The fourth-order valence-corrected chi connectivity index (χ4v) is 3.45. The largest absolute Gasteiger partial charge is 0.480 e. The van der Waals surface area contributed by atoms with Crippen LogP contribution in [0.5, 0.6) is 0 Å². The van der Waals surface area contributed by atoms with Gasteiger partial charge in [-0.3, -0.25) is 4.79 Å². The molecule has 2 aromatic heterocycles. The van der Waals surface area contributed by atoms with Crippen molar-refractivity contribution in [2.24, 2.45) is 0 Å². The van der Waals surface area contributed by atoms with Gasteiger partial charge >= 0.3 is 12.1 Å². The van der Waals surface area contributed by atoms with Crippen molar-refractivity contribution in [3.8, 4) is 0 Å². The highest BCUT2D eigenvalue weighted by molar-refractivity contribution is 8.01. The van der Waals surface area contributed by atoms with Crippen LogP contribution in [0.15, 0.2) is 23.2 Å². The molecular formula is C12H10F3NO2S2. The Hall–Kier alpha value is -1.28. The van der Waals surface area contributed by atoms with E-state index in [0.717, 1.165) is 17.8 Å². The van der Waals surface area contributed by atoms with Crippen molar-refractivity contribution in [2.75, 3.05) is 0 Å². The van der Waals surface area contributed by atoms with E-state index in [4.69, 9.17) is 5.11 Å². The lowest BCUT2D eigenvalue weighted by atomic mass is 10.2. The molecule has 0 spiro atoms. The molecule has 0 atom stereocenters. The second kappa shape index (κ2) is 4.92. The third-order valence-corrected chi connectivity index (χ3v) is 4.90. The second-order valence-electron chi connectivity index (χ2n) is 4.55. The van der Waals surface area contributed by atoms with Crippen LogP contribution in [0.1, 0.15) is 18.7 Å². The van der Waals surface area contributed by atoms with Crippen LogP contribution in [0.4, 0.5) is 13.2 Å². The minimum atomic E-state index is -4.42. The maximum Gasteiger partial charge on any atom is 0.425 e. The number of thioether (sulfide) groups is 1. The number of alkyl halides is 3. The van der Waals surface area contributed by atoms with E-state index in [-0.39, 0.29) is 4.83 Å². The van der Waals surface area contributed by atoms with Crippen LogP contribution in [-0.2, 0) is 11.0 Å². The lowest BCUT2D eigenvalue weighted by molar-refractivity contribution is -0.139. The molecule has 2 rings (SSSR count). The SMILES string of the molecule is CC(C)(Sc1ccnc2sc(C(F)(F)F)cc12)C(=O)O. The number of hydrogen-bond donors (Lipinski definition) is 1. The average molecular weight is 321 g/mol. The molecule has 0 saturated carbocycles. The lowest BCUT2D eigenvalue weighted by Gasteiger charge is -2.18. The van der Waals surface area contributed by atoms with Gasteiger partial charge in [-0.15, -0.1) is 23.1 Å². The molecule has 3 nitrogen and oxygen atoms in total. The van der Waals surface area contributed by atoms with Crippen molar-refractivity contribution < 1.29 is 23.1 Å². The molecule has 0 aliphatic rings. The molecule has 108 valence electrons. The van der Waals surface area contributed by atoms with Crippen molar-refractivity contribution in [2.45, 2.75) is 29.7 Å². The van der Waals surface area contributed by atoms with E-state index in [1.54, 1.807) is 0 Å². The van der Waals surface area contributed by atoms with Crippen LogP contribution in [0.3, 0.4) is 0 Å². The van der Waals surface area contributed by atoms with Gasteiger partial charge in [0.25, 0.3) is 0 Å². The third kappa shape index (κ3) is 2.90. The van der Waals surface area contributed by atoms with Crippen molar-refractivity contribution in [1.82, 2.24) is 4.98 Å². The Morgan fingerprint density at radius 3 is 2.60 bits per heavy atom. The summed E-state index contributed by atoms with van der Waals surface area (Å²) in [6.45, 7) is 3.01. The summed E-state index contributed by atoms with van der Waals surface area (Å²) in [6.07, 6.45) is -3.03. The van der Waals surface area contributed by atoms with E-state index in [0.29, 0.717) is 21.6 Å². The molecular weight excluding hydrogens is 311 g/mol. The van der Waals surface area contributed by atoms with Crippen LogP contribution in [0, 0.1) is 0 Å². The predicted molar refractivity (Wildman–Crippen MR) is 72.2 cm³/mol. The zero-order valence-corrected chi connectivity index (χ0v) is 12.1. The van der Waals surface area contributed by atoms with Gasteiger partial charge < -0.3 is 5.11 Å². The molecule has 0 aromatic carbocycles. The topological polar surface area (TPSA) is 50.2 Å². The minimum Gasteiger partial charge on any atom is -0.480 e. The highest BCUT2D eigenvalue weighted by Crippen LogP contribution is 2.42. The van der Waals surface area contributed by atoms with Gasteiger partial charge in [0.05, 0.1) is 0 Å². The smallest absolute Gasteiger partial charge is 0.425 e. The molecule has 20 heavy (non-hydrogen) atoms. The number of hydrogen-bond acceptors (Lipinski definition) is 4. The number of carboxylic acid groups (broad SMARTS) is 1. The summed E-state index contributed by atoms with van der Waals surface area (Å²) in [6, 6.07) is 2.55. The summed E-state index contributed by atoms with van der Waals surface area (Å²) in [5, 5.41) is 9.43. The highest BCUT2D eigenvalue weighted by Gasteiger charge is 2.34. The quantitative estimate of drug-likeness (QED) is 0.858. The van der Waals surface area contributed by atoms with Gasteiger partial charge in [-0.25, -0.2) is 4.98 Å². The van der Waals surface area contributed by atoms with Crippen LogP contribution in [0.25, 0.3) is 10.2 Å². The Kier molecular flexibility index (Phi) is 3.72. The van der Waals surface area contributed by atoms with Gasteiger partial charge in [0.15, 0.2) is 0 Å². The molecule has 0 fully saturated rings. The Morgan fingerprint density at radius 2 is 2.05 bits per heavy atom. The summed E-state index contributed by atoms with van der Waals surface area (Å²) in [4.78, 5) is 15.0. The first kappa shape index (κ1) is 15.1. The Bertz CT molecular complexity index is 664. The molecule has 2 aromatic rings. The number of aromatic nitrogens is 1. The fourth-order valence-electron chi connectivity index (χ4n) is 1.46. The molecule has 2 heterocycles. The van der Waals surface area contributed by atoms with Crippen molar-refractivity contribution >= 4 is 39.3 Å². The van der Waals surface area contributed by atoms with Crippen molar-refractivity contribution in [3.63, 3.8) is 0 Å². The molecule has 0 bridgehead atoms. The van der Waals surface area contributed by atoms with E-state index in [1.807, 2.05) is 0 Å². The number of carboxylic acids is 1. The van der Waals surface area contributed by atoms with Crippen molar-refractivity contribution in [3.05, 3.63) is 23.2 Å². The Balaban J connectivity index is 2.50. The van der Waals surface area contributed by atoms with E-state index in [9.17, 15) is 18.0 Å². The molecule has 8 heteroatoms. The summed E-state index contributed by atoms with van der Waals surface area (Å²) < 4.78 is 37.0. The average Bonchev–Trinajstić information content (AvgIpc) is 2.73. The molecule has 0 unspecified atom stereocenters. The first-order valence-electron chi connectivity index (χ1n) is 5.49. The van der Waals surface area contributed by atoms with Crippen LogP contribution >= 0.6 is 23.1 Å². The normalized spacial score (nSPS) is 12.8. The number of thiophene rings is 1. The summed E-state index contributed by atoms with van der Waals surface area (Å²) in [7, 11) is 0. The second-order valence-corrected chi connectivity index (χ2v) is 7.25. The number of fused-ring (bicyclic) bond motifs is 1. The Morgan fingerprint density at radius 1 is 1.40 bits per heavy atom. The van der Waals surface area contributed by atoms with Gasteiger partial charge in [-0.05, 0) is 26.0 Å². The minimum absolute atomic E-state index is 0.253. The first-order chi connectivity index (χ1) is 9.11. The molecule has 0 amide bonds. The summed E-state index contributed by atoms with van der Waals surface area (Å²) in [5.41, 5.74) is 0. The number of aliphatic carboxylic acids is 1. The maximum absolute atomic E-state index is 12.7. The predicted octanol–water partition coefficient (Wildman–Crippen LogP) is 4.27. The van der Waals surface area contributed by atoms with E-state index in [2.05, 4.69) is 4.98 Å². The van der Waals surface area contributed by atoms with Gasteiger partial charge in [-0.2, -0.15) is 13.2 Å². The molecule has 1 N–H and O–H groups in total. The third-order valence-electron chi connectivity index (χ3n) is 2.56. The number of pyridine rings is 1. The van der Waals surface area contributed by atoms with Gasteiger partial charge in [0.2, 0.25) is 0 Å². The zero-order valence-electron chi connectivity index (χ0n) is 10.5. The standard InChI is InChI=1S/C12H10F3NO2S2/c1-11(2,10(17)18)20-7-3-4-16-9-6(7)5-8(19-9)12(13,14)15/h3-5H,1-2H3,(H,17,18). The summed E-state index contributed by atoms with van der Waals surface area (Å²) >= 11 is 1.56. The number of nitrogens with zero attached hydrogens (tertiary/aromatic N) is 1. The maximum atomic E-state index is 12.7. The Labute approximate surface area is 120 Å². The summed E-state index contributed by atoms with van der Waals surface area (Å²) in [5.74, 6) is -1.03. The lowest BCUT2D eigenvalue weighted by Crippen LogP contribution is -2.26. The van der Waals surface area contributed by atoms with Crippen LogP contribution < -0.4 is 0 Å². The fraction of sp³-hybridized carbons (Fsp3) is 0.333. The van der Waals surface area contributed by atoms with E-state index in [1.165, 1.54) is 26.1 Å². The monoisotopic (exact) mass is 321 g/mol. The molecule has 0 aliphatic carbocycles. The number of halogens is 3. The van der Waals surface area contributed by atoms with Crippen molar-refractivity contribution in [1.29, 1.82) is 0 Å². The zero-order chi connectivity index (χ0) is 15.1. The first-order valence-corrected chi connectivity index (χ1v) is 7.13.